The van der Waals surface area contributed by atoms with Gasteiger partial charge in [-0.3, -0.25) is 10.00 Å². The molecule has 2 N–H and O–H groups in total. The van der Waals surface area contributed by atoms with Gasteiger partial charge in [-0.15, -0.1) is 11.3 Å². The van der Waals surface area contributed by atoms with Gasteiger partial charge in [0.05, 0.1) is 16.8 Å². The monoisotopic (exact) mass is 361 g/mol. The number of aromatic nitrogens is 4. The Labute approximate surface area is 155 Å². The summed E-state index contributed by atoms with van der Waals surface area (Å²) in [4.78, 5) is 11.4. The number of thiophene rings is 1. The standard InChI is InChI=1S/C20H19N5S/c1-3-16-17(12-22-20(16)21-7-1)14-5-8-25(9-6-14)13-15-11-23-24-19(15)18-4-2-10-26-18/h1-5,7,10-12H,6,8-9,13H2,(H,21,22)(H,23,24). The molecule has 0 radical (unpaired) electrons. The number of nitrogens with zero attached hydrogens (tertiary/aromatic N) is 3. The zero-order chi connectivity index (χ0) is 17.3. The lowest BCUT2D eigenvalue weighted by Gasteiger charge is -2.26. The quantitative estimate of drug-likeness (QED) is 0.570. The van der Waals surface area contributed by atoms with Crippen LogP contribution in [0.15, 0.2) is 54.3 Å². The number of hydrogen-bond acceptors (Lipinski definition) is 4. The van der Waals surface area contributed by atoms with E-state index in [4.69, 9.17) is 0 Å². The van der Waals surface area contributed by atoms with Gasteiger partial charge in [-0.2, -0.15) is 5.10 Å². The highest BCUT2D eigenvalue weighted by atomic mass is 32.1. The smallest absolute Gasteiger partial charge is 0.137 e. The van der Waals surface area contributed by atoms with Crippen molar-refractivity contribution in [3.05, 3.63) is 65.4 Å². The number of H-pyrrole nitrogens is 2. The Kier molecular flexibility index (Phi) is 3.92. The first kappa shape index (κ1) is 15.5. The first-order chi connectivity index (χ1) is 12.9. The maximum absolute atomic E-state index is 4.39. The summed E-state index contributed by atoms with van der Waals surface area (Å²) in [7, 11) is 0. The fourth-order valence-corrected chi connectivity index (χ4v) is 4.38. The van der Waals surface area contributed by atoms with E-state index in [0.29, 0.717) is 0 Å². The maximum atomic E-state index is 4.39. The summed E-state index contributed by atoms with van der Waals surface area (Å²) in [5.41, 5.74) is 6.07. The van der Waals surface area contributed by atoms with Crippen molar-refractivity contribution in [1.29, 1.82) is 0 Å². The van der Waals surface area contributed by atoms with Crippen molar-refractivity contribution in [3.8, 4) is 10.6 Å². The molecule has 0 aromatic carbocycles. The highest BCUT2D eigenvalue weighted by Gasteiger charge is 2.18. The Morgan fingerprint density at radius 1 is 1.23 bits per heavy atom. The van der Waals surface area contributed by atoms with Crippen LogP contribution in [0, 0.1) is 0 Å². The molecule has 1 aliphatic rings. The second-order valence-corrected chi connectivity index (χ2v) is 7.51. The summed E-state index contributed by atoms with van der Waals surface area (Å²) in [5, 5.41) is 10.7. The molecule has 26 heavy (non-hydrogen) atoms. The molecule has 1 aliphatic heterocycles. The van der Waals surface area contributed by atoms with Crippen LogP contribution in [0.2, 0.25) is 0 Å². The lowest BCUT2D eigenvalue weighted by molar-refractivity contribution is 0.294. The normalized spacial score (nSPS) is 15.5. The Morgan fingerprint density at radius 3 is 3.08 bits per heavy atom. The Balaban J connectivity index is 1.34. The Bertz CT molecular complexity index is 1060. The summed E-state index contributed by atoms with van der Waals surface area (Å²) < 4.78 is 0. The Morgan fingerprint density at radius 2 is 2.23 bits per heavy atom. The third-order valence-corrected chi connectivity index (χ3v) is 5.86. The molecule has 0 atom stereocenters. The molecule has 0 saturated heterocycles. The number of rotatable bonds is 4. The average Bonchev–Trinajstić information content (AvgIpc) is 3.43. The summed E-state index contributed by atoms with van der Waals surface area (Å²) in [6.07, 6.45) is 9.28. The van der Waals surface area contributed by atoms with Crippen LogP contribution in [-0.4, -0.2) is 38.2 Å². The van der Waals surface area contributed by atoms with Crippen molar-refractivity contribution in [1.82, 2.24) is 25.1 Å². The summed E-state index contributed by atoms with van der Waals surface area (Å²) in [6, 6.07) is 8.36. The fourth-order valence-electron chi connectivity index (χ4n) is 3.63. The number of nitrogens with one attached hydrogen (secondary N) is 2. The molecule has 5 nitrogen and oxygen atoms in total. The van der Waals surface area contributed by atoms with Crippen LogP contribution in [0.25, 0.3) is 27.2 Å². The molecule has 5 heterocycles. The van der Waals surface area contributed by atoms with Gasteiger partial charge >= 0.3 is 0 Å². The van der Waals surface area contributed by atoms with E-state index in [-0.39, 0.29) is 0 Å². The molecule has 0 fully saturated rings. The Hall–Kier alpha value is -2.70. The first-order valence-electron chi connectivity index (χ1n) is 8.78. The van der Waals surface area contributed by atoms with Crippen LogP contribution in [0.1, 0.15) is 17.5 Å². The van der Waals surface area contributed by atoms with Gasteiger partial charge in [0.15, 0.2) is 0 Å². The highest BCUT2D eigenvalue weighted by Crippen LogP contribution is 2.30. The third-order valence-electron chi connectivity index (χ3n) is 4.97. The number of aromatic amines is 2. The third kappa shape index (κ3) is 2.77. The lowest BCUT2D eigenvalue weighted by Crippen LogP contribution is -2.28. The van der Waals surface area contributed by atoms with E-state index >= 15 is 0 Å². The highest BCUT2D eigenvalue weighted by molar-refractivity contribution is 7.13. The van der Waals surface area contributed by atoms with Gasteiger partial charge in [0.1, 0.15) is 5.65 Å². The summed E-state index contributed by atoms with van der Waals surface area (Å²) in [6.45, 7) is 2.92. The zero-order valence-corrected chi connectivity index (χ0v) is 15.1. The van der Waals surface area contributed by atoms with Crippen molar-refractivity contribution in [2.75, 3.05) is 13.1 Å². The molecule has 6 heteroatoms. The van der Waals surface area contributed by atoms with Crippen LogP contribution in [0.4, 0.5) is 0 Å². The summed E-state index contributed by atoms with van der Waals surface area (Å²) >= 11 is 1.75. The largest absolute Gasteiger partial charge is 0.346 e. The molecule has 0 unspecified atom stereocenters. The van der Waals surface area contributed by atoms with Gasteiger partial charge in [-0.1, -0.05) is 12.1 Å². The van der Waals surface area contributed by atoms with Crippen LogP contribution in [0.5, 0.6) is 0 Å². The van der Waals surface area contributed by atoms with Gasteiger partial charge in [-0.25, -0.2) is 4.98 Å². The molecular formula is C20H19N5S. The SMILES string of the molecule is C1=C(c2c[nH]c3ncccc23)CCN(Cc2cn[nH]c2-c2cccs2)C1. The second kappa shape index (κ2) is 6.55. The average molecular weight is 361 g/mol. The molecule has 0 aliphatic carbocycles. The molecule has 0 amide bonds. The van der Waals surface area contributed by atoms with Gasteiger partial charge < -0.3 is 4.98 Å². The van der Waals surface area contributed by atoms with E-state index in [0.717, 1.165) is 37.4 Å². The minimum absolute atomic E-state index is 0.920. The number of pyridine rings is 1. The molecule has 130 valence electrons. The number of hydrogen-bond donors (Lipinski definition) is 2. The lowest BCUT2D eigenvalue weighted by atomic mass is 9.99. The predicted molar refractivity (Wildman–Crippen MR) is 106 cm³/mol. The van der Waals surface area contributed by atoms with Crippen LogP contribution in [0.3, 0.4) is 0 Å². The van der Waals surface area contributed by atoms with Crippen molar-refractivity contribution in [2.45, 2.75) is 13.0 Å². The minimum Gasteiger partial charge on any atom is -0.346 e. The number of fused-ring (bicyclic) bond motifs is 1. The summed E-state index contributed by atoms with van der Waals surface area (Å²) in [5.74, 6) is 0. The molecule has 4 aromatic heterocycles. The van der Waals surface area contributed by atoms with Gasteiger partial charge in [0.25, 0.3) is 0 Å². The molecule has 4 aromatic rings. The maximum Gasteiger partial charge on any atom is 0.137 e. The van der Waals surface area contributed by atoms with E-state index in [1.54, 1.807) is 11.3 Å². The molecule has 0 spiro atoms. The zero-order valence-electron chi connectivity index (χ0n) is 14.3. The van der Waals surface area contributed by atoms with Gasteiger partial charge in [-0.05, 0) is 35.6 Å². The molecule has 0 bridgehead atoms. The fraction of sp³-hybridized carbons (Fsp3) is 0.200. The van der Waals surface area contributed by atoms with Crippen LogP contribution >= 0.6 is 11.3 Å². The van der Waals surface area contributed by atoms with E-state index in [1.807, 2.05) is 18.5 Å². The molecule has 0 saturated carbocycles. The second-order valence-electron chi connectivity index (χ2n) is 6.56. The molecular weight excluding hydrogens is 342 g/mol. The van der Waals surface area contributed by atoms with Gasteiger partial charge in [0, 0.05) is 48.5 Å². The molecule has 5 rings (SSSR count). The van der Waals surface area contributed by atoms with Crippen LogP contribution < -0.4 is 0 Å². The van der Waals surface area contributed by atoms with Crippen LogP contribution in [-0.2, 0) is 6.54 Å². The van der Waals surface area contributed by atoms with Crippen molar-refractivity contribution >= 4 is 27.9 Å². The van der Waals surface area contributed by atoms with E-state index in [1.165, 1.54) is 27.0 Å². The predicted octanol–water partition coefficient (Wildman–Crippen LogP) is 4.30. The topological polar surface area (TPSA) is 60.6 Å². The van der Waals surface area contributed by atoms with Crippen molar-refractivity contribution in [2.24, 2.45) is 0 Å². The van der Waals surface area contributed by atoms with E-state index < -0.39 is 0 Å². The van der Waals surface area contributed by atoms with E-state index in [2.05, 4.69) is 60.9 Å². The van der Waals surface area contributed by atoms with Gasteiger partial charge in [0.2, 0.25) is 0 Å². The van der Waals surface area contributed by atoms with E-state index in [9.17, 15) is 0 Å². The van der Waals surface area contributed by atoms with Crippen molar-refractivity contribution in [3.63, 3.8) is 0 Å². The first-order valence-corrected chi connectivity index (χ1v) is 9.66. The minimum atomic E-state index is 0.920. The van der Waals surface area contributed by atoms with Crippen molar-refractivity contribution < 1.29 is 0 Å².